The number of H-pyrrole nitrogens is 2. The lowest BCUT2D eigenvalue weighted by molar-refractivity contribution is 0.513. The van der Waals surface area contributed by atoms with Crippen molar-refractivity contribution in [3.8, 4) is 11.4 Å². The van der Waals surface area contributed by atoms with E-state index in [1.807, 2.05) is 36.6 Å². The maximum atomic E-state index is 5.95. The number of rotatable bonds is 6. The molecular formula is C28H27N9. The SMILES string of the molecule is C=C/C=C(/c1cccnc1)c1cc(-c2n[nH]c3c2=CC(c2cncc(N4CC(N)C4)n2)=NCC=3)[nH]c1C. The highest BCUT2D eigenvalue weighted by molar-refractivity contribution is 6.20. The minimum atomic E-state index is 0.187. The minimum absolute atomic E-state index is 0.187. The molecule has 0 aromatic carbocycles. The molecule has 2 aliphatic heterocycles. The van der Waals surface area contributed by atoms with Gasteiger partial charge in [-0.25, -0.2) is 4.98 Å². The van der Waals surface area contributed by atoms with Crippen LogP contribution in [-0.4, -0.2) is 61.5 Å². The molecule has 0 radical (unpaired) electrons. The molecule has 1 fully saturated rings. The number of allylic oxidation sites excluding steroid dienone is 2. The van der Waals surface area contributed by atoms with Crippen LogP contribution in [0.3, 0.4) is 0 Å². The van der Waals surface area contributed by atoms with Crippen molar-refractivity contribution >= 4 is 29.3 Å². The number of nitrogens with one attached hydrogen (secondary N) is 2. The maximum Gasteiger partial charge on any atom is 0.147 e. The fourth-order valence-electron chi connectivity index (χ4n) is 4.72. The number of aromatic nitrogens is 6. The summed E-state index contributed by atoms with van der Waals surface area (Å²) in [5, 5.41) is 9.72. The second-order valence-electron chi connectivity index (χ2n) is 9.18. The third kappa shape index (κ3) is 4.30. The van der Waals surface area contributed by atoms with Gasteiger partial charge in [0.15, 0.2) is 0 Å². The number of anilines is 1. The van der Waals surface area contributed by atoms with Gasteiger partial charge in [-0.05, 0) is 36.8 Å². The lowest BCUT2D eigenvalue weighted by atomic mass is 9.99. The second-order valence-corrected chi connectivity index (χ2v) is 9.18. The molecule has 4 N–H and O–H groups in total. The lowest BCUT2D eigenvalue weighted by Gasteiger charge is -2.37. The van der Waals surface area contributed by atoms with Crippen LogP contribution < -0.4 is 21.2 Å². The van der Waals surface area contributed by atoms with Crippen LogP contribution in [0.5, 0.6) is 0 Å². The maximum absolute atomic E-state index is 5.95. The van der Waals surface area contributed by atoms with Crippen LogP contribution in [0.1, 0.15) is 22.5 Å². The Labute approximate surface area is 213 Å². The first-order valence-corrected chi connectivity index (χ1v) is 12.2. The van der Waals surface area contributed by atoms with E-state index in [-0.39, 0.29) is 6.04 Å². The Morgan fingerprint density at radius 2 is 2.11 bits per heavy atom. The fraction of sp³-hybridized carbons (Fsp3) is 0.179. The summed E-state index contributed by atoms with van der Waals surface area (Å²) < 4.78 is 0. The summed E-state index contributed by atoms with van der Waals surface area (Å²) in [4.78, 5) is 23.9. The number of aryl methyl sites for hydroxylation is 1. The van der Waals surface area contributed by atoms with Gasteiger partial charge in [0, 0.05) is 53.6 Å². The van der Waals surface area contributed by atoms with Crippen LogP contribution in [0.4, 0.5) is 5.82 Å². The molecule has 9 nitrogen and oxygen atoms in total. The zero-order chi connectivity index (χ0) is 25.4. The number of hydrogen-bond donors (Lipinski definition) is 3. The summed E-state index contributed by atoms with van der Waals surface area (Å²) in [5.74, 6) is 0.817. The largest absolute Gasteiger partial charge is 0.357 e. The van der Waals surface area contributed by atoms with E-state index < -0.39 is 0 Å². The van der Waals surface area contributed by atoms with E-state index in [1.165, 1.54) is 0 Å². The van der Waals surface area contributed by atoms with Crippen molar-refractivity contribution in [1.82, 2.24) is 30.1 Å². The smallest absolute Gasteiger partial charge is 0.147 e. The Balaban J connectivity index is 1.40. The highest BCUT2D eigenvalue weighted by atomic mass is 15.3. The predicted molar refractivity (Wildman–Crippen MR) is 146 cm³/mol. The van der Waals surface area contributed by atoms with Crippen molar-refractivity contribution in [2.24, 2.45) is 10.7 Å². The van der Waals surface area contributed by atoms with Crippen molar-refractivity contribution < 1.29 is 0 Å². The molecule has 9 heteroatoms. The molecule has 0 amide bonds. The van der Waals surface area contributed by atoms with E-state index in [1.54, 1.807) is 24.7 Å². The van der Waals surface area contributed by atoms with Crippen LogP contribution >= 0.6 is 0 Å². The minimum Gasteiger partial charge on any atom is -0.357 e. The molecule has 0 saturated carbocycles. The second kappa shape index (κ2) is 9.44. The molecule has 6 heterocycles. The highest BCUT2D eigenvalue weighted by Gasteiger charge is 2.25. The van der Waals surface area contributed by atoms with Gasteiger partial charge in [-0.15, -0.1) is 0 Å². The summed E-state index contributed by atoms with van der Waals surface area (Å²) >= 11 is 0. The van der Waals surface area contributed by atoms with E-state index in [9.17, 15) is 0 Å². The van der Waals surface area contributed by atoms with E-state index in [0.29, 0.717) is 6.54 Å². The summed E-state index contributed by atoms with van der Waals surface area (Å²) in [6.45, 7) is 8.05. The fourth-order valence-corrected chi connectivity index (χ4v) is 4.72. The van der Waals surface area contributed by atoms with Crippen LogP contribution in [-0.2, 0) is 0 Å². The van der Waals surface area contributed by atoms with Crippen molar-refractivity contribution in [2.75, 3.05) is 24.5 Å². The third-order valence-corrected chi connectivity index (χ3v) is 6.61. The van der Waals surface area contributed by atoms with Gasteiger partial charge in [0.05, 0.1) is 35.7 Å². The van der Waals surface area contributed by atoms with Crippen molar-refractivity contribution in [2.45, 2.75) is 13.0 Å². The Bertz CT molecular complexity index is 1650. The van der Waals surface area contributed by atoms with E-state index in [0.717, 1.165) is 74.7 Å². The van der Waals surface area contributed by atoms with E-state index in [2.05, 4.69) is 49.6 Å². The van der Waals surface area contributed by atoms with Crippen LogP contribution in [0.2, 0.25) is 0 Å². The average Bonchev–Trinajstić information content (AvgIpc) is 3.41. The number of aliphatic imine (C=N–C) groups is 1. The van der Waals surface area contributed by atoms with Gasteiger partial charge in [-0.2, -0.15) is 5.10 Å². The summed E-state index contributed by atoms with van der Waals surface area (Å²) in [6.07, 6.45) is 15.0. The van der Waals surface area contributed by atoms with Gasteiger partial charge < -0.3 is 15.6 Å². The Morgan fingerprint density at radius 1 is 1.22 bits per heavy atom. The van der Waals surface area contributed by atoms with E-state index in [4.69, 9.17) is 15.7 Å². The first kappa shape index (κ1) is 22.8. The summed E-state index contributed by atoms with van der Waals surface area (Å²) in [6, 6.07) is 6.29. The normalized spacial score (nSPS) is 15.7. The molecule has 6 rings (SSSR count). The molecule has 1 saturated heterocycles. The predicted octanol–water partition coefficient (Wildman–Crippen LogP) is 1.73. The van der Waals surface area contributed by atoms with Crippen molar-refractivity contribution in [3.05, 3.63) is 94.8 Å². The molecule has 2 aliphatic rings. The van der Waals surface area contributed by atoms with Crippen molar-refractivity contribution in [3.63, 3.8) is 0 Å². The van der Waals surface area contributed by atoms with Gasteiger partial charge in [0.25, 0.3) is 0 Å². The van der Waals surface area contributed by atoms with Gasteiger partial charge >= 0.3 is 0 Å². The Kier molecular flexibility index (Phi) is 5.82. The lowest BCUT2D eigenvalue weighted by Crippen LogP contribution is -2.56. The van der Waals surface area contributed by atoms with Crippen molar-refractivity contribution in [1.29, 1.82) is 0 Å². The number of aromatic amines is 2. The molecule has 184 valence electrons. The molecule has 37 heavy (non-hydrogen) atoms. The van der Waals surface area contributed by atoms with Gasteiger partial charge in [-0.3, -0.25) is 20.1 Å². The molecular weight excluding hydrogens is 462 g/mol. The number of pyridine rings is 1. The zero-order valence-electron chi connectivity index (χ0n) is 20.5. The molecule has 4 aromatic rings. The number of fused-ring (bicyclic) bond motifs is 1. The standard InChI is InChI=1S/C28H27N9/c1-3-5-20(18-6-4-8-30-12-18)21-10-25(33-17(21)2)28-22-11-24(32-9-7-23(22)35-36-28)26-13-31-14-27(34-26)37-15-19(29)16-37/h3-8,10-14,19,33,35H,1,9,15-16,29H2,2H3/b20-5-. The molecule has 0 atom stereocenters. The first-order chi connectivity index (χ1) is 18.1. The third-order valence-electron chi connectivity index (χ3n) is 6.61. The summed E-state index contributed by atoms with van der Waals surface area (Å²) in [5.41, 5.74) is 13.3. The van der Waals surface area contributed by atoms with Crippen LogP contribution in [0.25, 0.3) is 29.1 Å². The van der Waals surface area contributed by atoms with Gasteiger partial charge in [0.1, 0.15) is 17.2 Å². The quantitative estimate of drug-likeness (QED) is 0.354. The first-order valence-electron chi connectivity index (χ1n) is 12.2. The number of nitrogens with zero attached hydrogens (tertiary/aromatic N) is 6. The van der Waals surface area contributed by atoms with Crippen LogP contribution in [0.15, 0.2) is 66.7 Å². The van der Waals surface area contributed by atoms with E-state index >= 15 is 0 Å². The highest BCUT2D eigenvalue weighted by Crippen LogP contribution is 2.29. The number of hydrogen-bond acceptors (Lipinski definition) is 7. The monoisotopic (exact) mass is 489 g/mol. The van der Waals surface area contributed by atoms with Gasteiger partial charge in [-0.1, -0.05) is 24.8 Å². The molecule has 0 spiro atoms. The molecule has 0 unspecified atom stereocenters. The van der Waals surface area contributed by atoms with Crippen LogP contribution in [0, 0.1) is 6.92 Å². The molecule has 0 bridgehead atoms. The Morgan fingerprint density at radius 3 is 2.89 bits per heavy atom. The van der Waals surface area contributed by atoms with Gasteiger partial charge in [0.2, 0.25) is 0 Å². The zero-order valence-corrected chi connectivity index (χ0v) is 20.5. The molecule has 4 aromatic heterocycles. The topological polar surface area (TPSA) is 125 Å². The Hall–Kier alpha value is -4.63. The molecule has 0 aliphatic carbocycles. The number of nitrogens with two attached hydrogens (primary N) is 1. The average molecular weight is 490 g/mol. The summed E-state index contributed by atoms with van der Waals surface area (Å²) in [7, 11) is 0.